The smallest absolute Gasteiger partial charge is 0.339 e. The van der Waals surface area contributed by atoms with Crippen LogP contribution >= 0.6 is 15.9 Å². The number of aryl methyl sites for hydroxylation is 1. The summed E-state index contributed by atoms with van der Waals surface area (Å²) >= 11 is 3.23. The summed E-state index contributed by atoms with van der Waals surface area (Å²) in [4.78, 5) is 11.1. The number of carboxylic acid groups (broad SMARTS) is 1. The van der Waals surface area contributed by atoms with Gasteiger partial charge in [0.25, 0.3) is 0 Å². The normalized spacial score (nSPS) is 10.6. The summed E-state index contributed by atoms with van der Waals surface area (Å²) in [5, 5.41) is 13.2. The molecule has 0 bridgehead atoms. The standard InChI is InChI=1S/C12H10BrFN2O2/c1-2-16-6-9(12(17)18)11(15-16)8-5-7(13)3-4-10(8)14/h3-6H,2H2,1H3,(H,17,18). The van der Waals surface area contributed by atoms with Crippen LogP contribution in [0.4, 0.5) is 4.39 Å². The van der Waals surface area contributed by atoms with E-state index in [4.69, 9.17) is 5.11 Å². The minimum atomic E-state index is -1.12. The van der Waals surface area contributed by atoms with Crippen molar-refractivity contribution in [3.63, 3.8) is 0 Å². The number of aromatic carboxylic acids is 1. The molecule has 6 heteroatoms. The number of nitrogens with zero attached hydrogens (tertiary/aromatic N) is 2. The molecule has 0 saturated carbocycles. The predicted molar refractivity (Wildman–Crippen MR) is 68.0 cm³/mol. The van der Waals surface area contributed by atoms with Gasteiger partial charge in [-0.15, -0.1) is 0 Å². The maximum absolute atomic E-state index is 13.7. The average molecular weight is 313 g/mol. The third kappa shape index (κ3) is 2.28. The van der Waals surface area contributed by atoms with E-state index in [1.807, 2.05) is 6.92 Å². The van der Waals surface area contributed by atoms with Crippen LogP contribution in [-0.4, -0.2) is 20.9 Å². The molecule has 18 heavy (non-hydrogen) atoms. The summed E-state index contributed by atoms with van der Waals surface area (Å²) in [6.45, 7) is 2.36. The third-order valence-corrected chi connectivity index (χ3v) is 2.99. The predicted octanol–water partition coefficient (Wildman–Crippen LogP) is 3.17. The van der Waals surface area contributed by atoms with Crippen molar-refractivity contribution in [2.75, 3.05) is 0 Å². The van der Waals surface area contributed by atoms with Crippen molar-refractivity contribution in [3.05, 3.63) is 40.2 Å². The topological polar surface area (TPSA) is 55.1 Å². The van der Waals surface area contributed by atoms with Gasteiger partial charge in [-0.05, 0) is 25.1 Å². The third-order valence-electron chi connectivity index (χ3n) is 2.50. The minimum Gasteiger partial charge on any atom is -0.478 e. The van der Waals surface area contributed by atoms with Crippen LogP contribution in [0.1, 0.15) is 17.3 Å². The lowest BCUT2D eigenvalue weighted by Crippen LogP contribution is -1.98. The van der Waals surface area contributed by atoms with Crippen LogP contribution in [0, 0.1) is 5.82 Å². The SMILES string of the molecule is CCn1cc(C(=O)O)c(-c2cc(Br)ccc2F)n1. The van der Waals surface area contributed by atoms with Gasteiger partial charge in [0.2, 0.25) is 0 Å². The van der Waals surface area contributed by atoms with Gasteiger partial charge in [0.05, 0.1) is 0 Å². The number of carbonyl (C=O) groups is 1. The van der Waals surface area contributed by atoms with Crippen molar-refractivity contribution in [2.45, 2.75) is 13.5 Å². The zero-order valence-corrected chi connectivity index (χ0v) is 11.1. The van der Waals surface area contributed by atoms with Crippen molar-refractivity contribution >= 4 is 21.9 Å². The van der Waals surface area contributed by atoms with Gasteiger partial charge in [-0.25, -0.2) is 9.18 Å². The Morgan fingerprint density at radius 1 is 1.56 bits per heavy atom. The summed E-state index contributed by atoms with van der Waals surface area (Å²) in [6.07, 6.45) is 1.40. The molecule has 2 aromatic rings. The number of aromatic nitrogens is 2. The van der Waals surface area contributed by atoms with E-state index in [-0.39, 0.29) is 16.8 Å². The maximum Gasteiger partial charge on any atom is 0.339 e. The molecule has 0 fully saturated rings. The Labute approximate surface area is 111 Å². The Morgan fingerprint density at radius 2 is 2.28 bits per heavy atom. The summed E-state index contributed by atoms with van der Waals surface area (Å²) in [5.41, 5.74) is 0.311. The zero-order chi connectivity index (χ0) is 13.3. The summed E-state index contributed by atoms with van der Waals surface area (Å²) in [5.74, 6) is -1.62. The van der Waals surface area contributed by atoms with Crippen LogP contribution < -0.4 is 0 Å². The van der Waals surface area contributed by atoms with E-state index in [9.17, 15) is 9.18 Å². The van der Waals surface area contributed by atoms with Gasteiger partial charge < -0.3 is 5.11 Å². The Kier molecular flexibility index (Phi) is 3.47. The van der Waals surface area contributed by atoms with Crippen molar-refractivity contribution in [2.24, 2.45) is 0 Å². The van der Waals surface area contributed by atoms with Crippen molar-refractivity contribution in [1.29, 1.82) is 0 Å². The molecule has 1 aromatic heterocycles. The molecular weight excluding hydrogens is 303 g/mol. The van der Waals surface area contributed by atoms with Crippen LogP contribution in [0.15, 0.2) is 28.9 Å². The van der Waals surface area contributed by atoms with Crippen LogP contribution in [0.25, 0.3) is 11.3 Å². The highest BCUT2D eigenvalue weighted by atomic mass is 79.9. The first-order chi connectivity index (χ1) is 8.52. The fourth-order valence-corrected chi connectivity index (χ4v) is 1.98. The van der Waals surface area contributed by atoms with Gasteiger partial charge in [-0.2, -0.15) is 5.10 Å². The van der Waals surface area contributed by atoms with Gasteiger partial charge in [0.1, 0.15) is 17.1 Å². The lowest BCUT2D eigenvalue weighted by Gasteiger charge is -2.02. The summed E-state index contributed by atoms with van der Waals surface area (Å²) in [7, 11) is 0. The zero-order valence-electron chi connectivity index (χ0n) is 9.52. The lowest BCUT2D eigenvalue weighted by atomic mass is 10.1. The van der Waals surface area contributed by atoms with E-state index >= 15 is 0 Å². The molecule has 0 aliphatic rings. The molecule has 0 amide bonds. The molecule has 2 rings (SSSR count). The van der Waals surface area contributed by atoms with Crippen molar-refractivity contribution < 1.29 is 14.3 Å². The Morgan fingerprint density at radius 3 is 2.89 bits per heavy atom. The molecule has 94 valence electrons. The number of carboxylic acids is 1. The lowest BCUT2D eigenvalue weighted by molar-refractivity contribution is 0.0697. The number of hydrogen-bond donors (Lipinski definition) is 1. The molecule has 0 spiro atoms. The molecule has 0 unspecified atom stereocenters. The van der Waals surface area contributed by atoms with Crippen LogP contribution in [0.2, 0.25) is 0 Å². The van der Waals surface area contributed by atoms with Crippen LogP contribution in [0.5, 0.6) is 0 Å². The van der Waals surface area contributed by atoms with Crippen molar-refractivity contribution in [3.8, 4) is 11.3 Å². The monoisotopic (exact) mass is 312 g/mol. The van der Waals surface area contributed by atoms with E-state index in [1.165, 1.54) is 23.0 Å². The second-order valence-corrected chi connectivity index (χ2v) is 4.59. The molecule has 1 heterocycles. The largest absolute Gasteiger partial charge is 0.478 e. The quantitative estimate of drug-likeness (QED) is 0.947. The molecule has 0 atom stereocenters. The molecule has 0 radical (unpaired) electrons. The van der Waals surface area contributed by atoms with Gasteiger partial charge in [0, 0.05) is 22.8 Å². The molecular formula is C12H10BrFN2O2. The van der Waals surface area contributed by atoms with Gasteiger partial charge >= 0.3 is 5.97 Å². The second kappa shape index (κ2) is 4.89. The fraction of sp³-hybridized carbons (Fsp3) is 0.167. The second-order valence-electron chi connectivity index (χ2n) is 3.68. The van der Waals surface area contributed by atoms with Crippen LogP contribution in [0.3, 0.4) is 0 Å². The summed E-state index contributed by atoms with van der Waals surface area (Å²) < 4.78 is 15.9. The van der Waals surface area contributed by atoms with Gasteiger partial charge in [-0.1, -0.05) is 15.9 Å². The van der Waals surface area contributed by atoms with E-state index in [2.05, 4.69) is 21.0 Å². The van der Waals surface area contributed by atoms with E-state index in [0.29, 0.717) is 11.0 Å². The van der Waals surface area contributed by atoms with Crippen molar-refractivity contribution in [1.82, 2.24) is 9.78 Å². The number of rotatable bonds is 3. The first-order valence-electron chi connectivity index (χ1n) is 5.29. The van der Waals surface area contributed by atoms with E-state index < -0.39 is 11.8 Å². The number of benzene rings is 1. The Hall–Kier alpha value is -1.69. The molecule has 1 aromatic carbocycles. The van der Waals surface area contributed by atoms with E-state index in [1.54, 1.807) is 6.07 Å². The molecule has 0 aliphatic carbocycles. The first kappa shape index (κ1) is 12.8. The molecule has 4 nitrogen and oxygen atoms in total. The van der Waals surface area contributed by atoms with Crippen LogP contribution in [-0.2, 0) is 6.54 Å². The highest BCUT2D eigenvalue weighted by Crippen LogP contribution is 2.27. The maximum atomic E-state index is 13.7. The average Bonchev–Trinajstić information content (AvgIpc) is 2.76. The number of halogens is 2. The molecule has 1 N–H and O–H groups in total. The van der Waals surface area contributed by atoms with Gasteiger partial charge in [-0.3, -0.25) is 4.68 Å². The van der Waals surface area contributed by atoms with Gasteiger partial charge in [0.15, 0.2) is 0 Å². The Bertz CT molecular complexity index is 610. The number of hydrogen-bond acceptors (Lipinski definition) is 2. The minimum absolute atomic E-state index is 0.00569. The Balaban J connectivity index is 2.65. The highest BCUT2D eigenvalue weighted by molar-refractivity contribution is 9.10. The molecule has 0 saturated heterocycles. The van der Waals surface area contributed by atoms with E-state index in [0.717, 1.165) is 0 Å². The first-order valence-corrected chi connectivity index (χ1v) is 6.08. The fourth-order valence-electron chi connectivity index (χ4n) is 1.62. The summed E-state index contributed by atoms with van der Waals surface area (Å²) in [6, 6.07) is 4.34. The molecule has 0 aliphatic heterocycles. The highest BCUT2D eigenvalue weighted by Gasteiger charge is 2.19.